The summed E-state index contributed by atoms with van der Waals surface area (Å²) in [6.07, 6.45) is 1.15. The standard InChI is InChI=1S/C22H25NO4/c1-21(14-15-8-6-5-7-9-15)22(2)17-13-19(26-4)18(25-3)12-16(17)10-11-23(22)20(24)27-21/h5-9,12-13H,10-11,14H2,1-4H3/t21-,22+/m1/s1. The van der Waals surface area contributed by atoms with Crippen LogP contribution in [0.2, 0.25) is 0 Å². The van der Waals surface area contributed by atoms with Gasteiger partial charge in [-0.05, 0) is 49.1 Å². The van der Waals surface area contributed by atoms with Gasteiger partial charge >= 0.3 is 6.09 Å². The Kier molecular flexibility index (Phi) is 4.06. The van der Waals surface area contributed by atoms with E-state index in [1.54, 1.807) is 14.2 Å². The Morgan fingerprint density at radius 3 is 2.41 bits per heavy atom. The van der Waals surface area contributed by atoms with Crippen molar-refractivity contribution < 1.29 is 19.0 Å². The lowest BCUT2D eigenvalue weighted by atomic mass is 9.70. The Balaban J connectivity index is 1.86. The summed E-state index contributed by atoms with van der Waals surface area (Å²) < 4.78 is 17.0. The van der Waals surface area contributed by atoms with Gasteiger partial charge in [0.05, 0.1) is 14.2 Å². The van der Waals surface area contributed by atoms with Gasteiger partial charge in [-0.15, -0.1) is 0 Å². The van der Waals surface area contributed by atoms with Crippen molar-refractivity contribution in [1.29, 1.82) is 0 Å². The highest BCUT2D eigenvalue weighted by Gasteiger charge is 2.62. The maximum absolute atomic E-state index is 12.8. The molecule has 0 bridgehead atoms. The zero-order chi connectivity index (χ0) is 19.2. The lowest BCUT2D eigenvalue weighted by molar-refractivity contribution is 0.00226. The van der Waals surface area contributed by atoms with Gasteiger partial charge < -0.3 is 14.2 Å². The minimum absolute atomic E-state index is 0.253. The second-order valence-electron chi connectivity index (χ2n) is 7.60. The van der Waals surface area contributed by atoms with E-state index in [0.717, 1.165) is 17.5 Å². The molecule has 142 valence electrons. The molecule has 0 N–H and O–H groups in total. The highest BCUT2D eigenvalue weighted by atomic mass is 16.6. The minimum atomic E-state index is -0.694. The molecule has 5 nitrogen and oxygen atoms in total. The van der Waals surface area contributed by atoms with E-state index in [1.165, 1.54) is 5.56 Å². The third-order valence-corrected chi connectivity index (χ3v) is 6.23. The van der Waals surface area contributed by atoms with Crippen molar-refractivity contribution in [2.75, 3.05) is 20.8 Å². The maximum Gasteiger partial charge on any atom is 0.411 e. The number of carbonyl (C=O) groups excluding carboxylic acids is 1. The van der Waals surface area contributed by atoms with Crippen LogP contribution >= 0.6 is 0 Å². The number of fused-ring (bicyclic) bond motifs is 3. The molecule has 2 heterocycles. The second-order valence-corrected chi connectivity index (χ2v) is 7.60. The Hall–Kier alpha value is -2.69. The zero-order valence-corrected chi connectivity index (χ0v) is 16.2. The molecule has 4 rings (SSSR count). The first-order valence-electron chi connectivity index (χ1n) is 9.23. The van der Waals surface area contributed by atoms with Gasteiger partial charge in [0.1, 0.15) is 11.1 Å². The summed E-state index contributed by atoms with van der Waals surface area (Å²) in [5, 5.41) is 0. The van der Waals surface area contributed by atoms with Crippen LogP contribution in [-0.2, 0) is 23.1 Å². The number of hydrogen-bond acceptors (Lipinski definition) is 4. The Morgan fingerprint density at radius 1 is 1.07 bits per heavy atom. The fourth-order valence-corrected chi connectivity index (χ4v) is 4.57. The highest BCUT2D eigenvalue weighted by molar-refractivity contribution is 5.75. The Labute approximate surface area is 159 Å². The van der Waals surface area contributed by atoms with Crippen LogP contribution in [0, 0.1) is 0 Å². The first kappa shape index (κ1) is 17.7. The lowest BCUT2D eigenvalue weighted by Crippen LogP contribution is -2.56. The van der Waals surface area contributed by atoms with E-state index in [1.807, 2.05) is 42.2 Å². The van der Waals surface area contributed by atoms with Crippen LogP contribution in [0.3, 0.4) is 0 Å². The molecule has 5 heteroatoms. The van der Waals surface area contributed by atoms with Crippen molar-refractivity contribution in [3.05, 3.63) is 59.2 Å². The molecule has 0 saturated carbocycles. The maximum atomic E-state index is 12.8. The van der Waals surface area contributed by atoms with E-state index in [2.05, 4.69) is 19.1 Å². The summed E-state index contributed by atoms with van der Waals surface area (Å²) in [4.78, 5) is 14.6. The average molecular weight is 367 g/mol. The number of ether oxygens (including phenoxy) is 3. The summed E-state index contributed by atoms with van der Waals surface area (Å²) in [6, 6.07) is 14.2. The lowest BCUT2D eigenvalue weighted by Gasteiger charge is -2.46. The van der Waals surface area contributed by atoms with Crippen molar-refractivity contribution in [3.8, 4) is 11.5 Å². The number of hydrogen-bond donors (Lipinski definition) is 0. The third-order valence-electron chi connectivity index (χ3n) is 6.23. The van der Waals surface area contributed by atoms with Crippen LogP contribution in [-0.4, -0.2) is 37.4 Å². The predicted molar refractivity (Wildman–Crippen MR) is 102 cm³/mol. The van der Waals surface area contributed by atoms with Gasteiger partial charge in [-0.2, -0.15) is 0 Å². The van der Waals surface area contributed by atoms with Gasteiger partial charge in [0, 0.05) is 13.0 Å². The summed E-state index contributed by atoms with van der Waals surface area (Å²) in [6.45, 7) is 4.76. The summed E-state index contributed by atoms with van der Waals surface area (Å²) in [7, 11) is 3.27. The number of nitrogens with zero attached hydrogens (tertiary/aromatic N) is 1. The van der Waals surface area contributed by atoms with Crippen LogP contribution in [0.15, 0.2) is 42.5 Å². The quantitative estimate of drug-likeness (QED) is 0.822. The van der Waals surface area contributed by atoms with E-state index in [9.17, 15) is 4.79 Å². The Morgan fingerprint density at radius 2 is 1.74 bits per heavy atom. The molecular weight excluding hydrogens is 342 g/mol. The van der Waals surface area contributed by atoms with Crippen molar-refractivity contribution in [2.24, 2.45) is 0 Å². The van der Waals surface area contributed by atoms with Gasteiger partial charge in [0.2, 0.25) is 0 Å². The average Bonchev–Trinajstić information content (AvgIpc) is 2.87. The second kappa shape index (κ2) is 6.19. The highest BCUT2D eigenvalue weighted by Crippen LogP contribution is 2.53. The molecule has 2 aliphatic heterocycles. The van der Waals surface area contributed by atoms with E-state index in [4.69, 9.17) is 14.2 Å². The molecule has 0 radical (unpaired) electrons. The largest absolute Gasteiger partial charge is 0.493 e. The van der Waals surface area contributed by atoms with Crippen LogP contribution in [0.4, 0.5) is 4.79 Å². The predicted octanol–water partition coefficient (Wildman–Crippen LogP) is 3.93. The normalized spacial score (nSPS) is 26.2. The number of rotatable bonds is 4. The SMILES string of the molecule is COc1cc2c(cc1OC)[C@]1(C)N(CC2)C(=O)O[C@]1(C)Cc1ccccc1. The van der Waals surface area contributed by atoms with E-state index < -0.39 is 11.1 Å². The molecule has 1 saturated heterocycles. The van der Waals surface area contributed by atoms with E-state index in [0.29, 0.717) is 24.5 Å². The fraction of sp³-hybridized carbons (Fsp3) is 0.409. The monoisotopic (exact) mass is 367 g/mol. The molecule has 1 amide bonds. The van der Waals surface area contributed by atoms with Crippen molar-refractivity contribution in [2.45, 2.75) is 37.8 Å². The molecule has 0 unspecified atom stereocenters. The molecule has 0 aromatic heterocycles. The smallest absolute Gasteiger partial charge is 0.411 e. The zero-order valence-electron chi connectivity index (χ0n) is 16.2. The van der Waals surface area contributed by atoms with Gasteiger partial charge in [0.25, 0.3) is 0 Å². The van der Waals surface area contributed by atoms with Gasteiger partial charge in [-0.1, -0.05) is 30.3 Å². The molecule has 2 atom stereocenters. The summed E-state index contributed by atoms with van der Waals surface area (Å²) in [5.41, 5.74) is 2.09. The first-order valence-corrected chi connectivity index (χ1v) is 9.23. The van der Waals surface area contributed by atoms with Gasteiger partial charge in [0.15, 0.2) is 11.5 Å². The molecule has 27 heavy (non-hydrogen) atoms. The van der Waals surface area contributed by atoms with E-state index >= 15 is 0 Å². The number of carbonyl (C=O) groups is 1. The molecule has 0 spiro atoms. The van der Waals surface area contributed by atoms with Crippen molar-refractivity contribution in [3.63, 3.8) is 0 Å². The molecule has 2 aliphatic rings. The summed E-state index contributed by atoms with van der Waals surface area (Å²) in [5.74, 6) is 1.38. The van der Waals surface area contributed by atoms with Crippen molar-refractivity contribution >= 4 is 6.09 Å². The van der Waals surface area contributed by atoms with Gasteiger partial charge in [-0.25, -0.2) is 4.79 Å². The molecule has 2 aromatic carbocycles. The van der Waals surface area contributed by atoms with Gasteiger partial charge in [-0.3, -0.25) is 4.90 Å². The third kappa shape index (κ3) is 2.48. The molecule has 2 aromatic rings. The van der Waals surface area contributed by atoms with Crippen LogP contribution in [0.5, 0.6) is 11.5 Å². The molecular formula is C22H25NO4. The van der Waals surface area contributed by atoms with Crippen LogP contribution < -0.4 is 9.47 Å². The van der Waals surface area contributed by atoms with Crippen LogP contribution in [0.1, 0.15) is 30.5 Å². The summed E-state index contributed by atoms with van der Waals surface area (Å²) >= 11 is 0. The van der Waals surface area contributed by atoms with Crippen LogP contribution in [0.25, 0.3) is 0 Å². The van der Waals surface area contributed by atoms with E-state index in [-0.39, 0.29) is 6.09 Å². The topological polar surface area (TPSA) is 48.0 Å². The first-order chi connectivity index (χ1) is 12.9. The minimum Gasteiger partial charge on any atom is -0.493 e. The Bertz CT molecular complexity index is 881. The molecule has 1 fully saturated rings. The fourth-order valence-electron chi connectivity index (χ4n) is 4.57. The number of methoxy groups -OCH3 is 2. The number of benzene rings is 2. The molecule has 0 aliphatic carbocycles. The number of amides is 1. The number of cyclic esters (lactones) is 1. The van der Waals surface area contributed by atoms with Crippen molar-refractivity contribution in [1.82, 2.24) is 4.90 Å².